The van der Waals surface area contributed by atoms with Gasteiger partial charge in [0.15, 0.2) is 0 Å². The topological polar surface area (TPSA) is 64.3 Å². The largest absolute Gasteiger partial charge is 0.489 e. The quantitative estimate of drug-likeness (QED) is 0.757. The number of hydrogen-bond donors (Lipinski definition) is 2. The molecule has 1 rings (SSSR count). The van der Waals surface area contributed by atoms with Gasteiger partial charge in [-0.3, -0.25) is 4.79 Å². The van der Waals surface area contributed by atoms with Crippen LogP contribution in [0.1, 0.15) is 10.4 Å². The first-order chi connectivity index (χ1) is 9.00. The van der Waals surface area contributed by atoms with Gasteiger partial charge in [0.1, 0.15) is 12.4 Å². The molecule has 0 aliphatic rings. The van der Waals surface area contributed by atoms with Gasteiger partial charge in [-0.05, 0) is 12.1 Å². The van der Waals surface area contributed by atoms with Crippen molar-refractivity contribution < 1.29 is 18.3 Å². The van der Waals surface area contributed by atoms with E-state index in [0.29, 0.717) is 5.75 Å². The van der Waals surface area contributed by atoms with E-state index in [1.54, 1.807) is 18.2 Å². The van der Waals surface area contributed by atoms with E-state index in [4.69, 9.17) is 10.5 Å². The molecule has 0 saturated heterocycles. The van der Waals surface area contributed by atoms with E-state index >= 15 is 0 Å². The number of benzene rings is 1. The third-order valence-corrected chi connectivity index (χ3v) is 2.29. The molecular weight excluding hydrogens is 290 g/mol. The number of carbonyl (C=O) groups excluding carboxylic acids is 1. The van der Waals surface area contributed by atoms with Crippen LogP contribution in [0.2, 0.25) is 0 Å². The summed E-state index contributed by atoms with van der Waals surface area (Å²) in [7, 11) is 0. The lowest BCUT2D eigenvalue weighted by Gasteiger charge is -2.15. The maximum Gasteiger partial charge on any atom is 0.277 e. The molecule has 1 aromatic rings. The third kappa shape index (κ3) is 5.54. The first-order valence-corrected chi connectivity index (χ1v) is 5.69. The number of carbonyl (C=O) groups is 1. The molecule has 0 fully saturated rings. The molecule has 0 unspecified atom stereocenters. The number of amides is 1. The molecule has 0 heterocycles. The van der Waals surface area contributed by atoms with Gasteiger partial charge in [-0.1, -0.05) is 24.8 Å². The van der Waals surface area contributed by atoms with Crippen LogP contribution < -0.4 is 15.8 Å². The summed E-state index contributed by atoms with van der Waals surface area (Å²) in [6, 6.07) is 6.38. The maximum absolute atomic E-state index is 12.9. The standard InChI is InChI=1S/C13H16F2N2O2.ClH/c1-2-7-19-11-6-4-3-5-10(11)12(18)17-9-13(14,15)8-16;/h2-6H,1,7-9,16H2,(H,17,18);1H. The molecule has 0 radical (unpaired) electrons. The summed E-state index contributed by atoms with van der Waals surface area (Å²) in [5.41, 5.74) is 5.08. The summed E-state index contributed by atoms with van der Waals surface area (Å²) in [4.78, 5) is 11.8. The lowest BCUT2D eigenvalue weighted by Crippen LogP contribution is -2.41. The van der Waals surface area contributed by atoms with E-state index in [2.05, 4.69) is 11.9 Å². The van der Waals surface area contributed by atoms with Crippen LogP contribution in [0.25, 0.3) is 0 Å². The Morgan fingerprint density at radius 2 is 2.10 bits per heavy atom. The van der Waals surface area contributed by atoms with Crippen molar-refractivity contribution in [1.29, 1.82) is 0 Å². The van der Waals surface area contributed by atoms with Gasteiger partial charge in [-0.15, -0.1) is 12.4 Å². The Morgan fingerprint density at radius 3 is 2.70 bits per heavy atom. The minimum atomic E-state index is -3.12. The summed E-state index contributed by atoms with van der Waals surface area (Å²) in [5, 5.41) is 2.13. The predicted molar refractivity (Wildman–Crippen MR) is 75.7 cm³/mol. The molecule has 7 heteroatoms. The second-order valence-electron chi connectivity index (χ2n) is 3.84. The summed E-state index contributed by atoms with van der Waals surface area (Å²) in [6.07, 6.45) is 1.53. The zero-order valence-electron chi connectivity index (χ0n) is 10.8. The highest BCUT2D eigenvalue weighted by Crippen LogP contribution is 2.18. The number of alkyl halides is 2. The predicted octanol–water partition coefficient (Wildman–Crippen LogP) is 2.00. The Morgan fingerprint density at radius 1 is 1.45 bits per heavy atom. The molecule has 0 aromatic heterocycles. The Kier molecular flexibility index (Phi) is 7.79. The SMILES string of the molecule is C=CCOc1ccccc1C(=O)NCC(F)(F)CN.Cl. The van der Waals surface area contributed by atoms with E-state index in [9.17, 15) is 13.6 Å². The average molecular weight is 307 g/mol. The van der Waals surface area contributed by atoms with E-state index < -0.39 is 24.9 Å². The normalized spacial score (nSPS) is 10.3. The van der Waals surface area contributed by atoms with Gasteiger partial charge >= 0.3 is 0 Å². The van der Waals surface area contributed by atoms with Crippen LogP contribution in [0.4, 0.5) is 8.78 Å². The monoisotopic (exact) mass is 306 g/mol. The smallest absolute Gasteiger partial charge is 0.277 e. The Balaban J connectivity index is 0.00000361. The zero-order chi connectivity index (χ0) is 14.3. The molecule has 1 aromatic carbocycles. The van der Waals surface area contributed by atoms with Crippen molar-refractivity contribution in [3.8, 4) is 5.75 Å². The highest BCUT2D eigenvalue weighted by Gasteiger charge is 2.27. The van der Waals surface area contributed by atoms with Crippen molar-refractivity contribution in [3.63, 3.8) is 0 Å². The number of nitrogens with one attached hydrogen (secondary N) is 1. The van der Waals surface area contributed by atoms with Gasteiger partial charge in [0.2, 0.25) is 0 Å². The Hall–Kier alpha value is -1.66. The van der Waals surface area contributed by atoms with E-state index in [1.165, 1.54) is 12.1 Å². The van der Waals surface area contributed by atoms with Crippen LogP contribution in [-0.4, -0.2) is 31.5 Å². The number of rotatable bonds is 7. The highest BCUT2D eigenvalue weighted by atomic mass is 35.5. The van der Waals surface area contributed by atoms with Gasteiger partial charge < -0.3 is 15.8 Å². The van der Waals surface area contributed by atoms with Crippen molar-refractivity contribution in [2.75, 3.05) is 19.7 Å². The molecule has 0 saturated carbocycles. The third-order valence-electron chi connectivity index (χ3n) is 2.29. The van der Waals surface area contributed by atoms with Gasteiger partial charge in [-0.25, -0.2) is 8.78 Å². The van der Waals surface area contributed by atoms with Crippen molar-refractivity contribution in [1.82, 2.24) is 5.32 Å². The lowest BCUT2D eigenvalue weighted by molar-refractivity contribution is 0.0118. The number of hydrogen-bond acceptors (Lipinski definition) is 3. The molecule has 0 aliphatic carbocycles. The molecule has 0 atom stereocenters. The second kappa shape index (κ2) is 8.50. The molecular formula is C13H17ClF2N2O2. The molecule has 112 valence electrons. The van der Waals surface area contributed by atoms with Crippen LogP contribution in [0.15, 0.2) is 36.9 Å². The fourth-order valence-electron chi connectivity index (χ4n) is 1.31. The van der Waals surface area contributed by atoms with E-state index in [0.717, 1.165) is 0 Å². The molecule has 0 bridgehead atoms. The summed E-state index contributed by atoms with van der Waals surface area (Å²) in [6.45, 7) is 2.09. The van der Waals surface area contributed by atoms with Crippen LogP contribution in [0.3, 0.4) is 0 Å². The van der Waals surface area contributed by atoms with Gasteiger partial charge in [0, 0.05) is 0 Å². The molecule has 1 amide bonds. The first-order valence-electron chi connectivity index (χ1n) is 5.69. The maximum atomic E-state index is 12.9. The number of para-hydroxylation sites is 1. The van der Waals surface area contributed by atoms with Crippen LogP contribution in [0, 0.1) is 0 Å². The average Bonchev–Trinajstić information content (AvgIpc) is 2.43. The second-order valence-corrected chi connectivity index (χ2v) is 3.84. The molecule has 0 aliphatic heterocycles. The molecule has 20 heavy (non-hydrogen) atoms. The number of nitrogens with two attached hydrogens (primary N) is 1. The van der Waals surface area contributed by atoms with Crippen LogP contribution in [0.5, 0.6) is 5.75 Å². The number of ether oxygens (including phenoxy) is 1. The number of halogens is 3. The van der Waals surface area contributed by atoms with Crippen LogP contribution in [-0.2, 0) is 0 Å². The summed E-state index contributed by atoms with van der Waals surface area (Å²) >= 11 is 0. The van der Waals surface area contributed by atoms with Gasteiger partial charge in [0.25, 0.3) is 11.8 Å². The van der Waals surface area contributed by atoms with Gasteiger partial charge in [-0.2, -0.15) is 0 Å². The minimum Gasteiger partial charge on any atom is -0.489 e. The molecule has 4 nitrogen and oxygen atoms in total. The van der Waals surface area contributed by atoms with E-state index in [1.807, 2.05) is 0 Å². The lowest BCUT2D eigenvalue weighted by atomic mass is 10.2. The Bertz CT molecular complexity index is 456. The summed E-state index contributed by atoms with van der Waals surface area (Å²) in [5.74, 6) is -3.43. The fraction of sp³-hybridized carbons (Fsp3) is 0.308. The summed E-state index contributed by atoms with van der Waals surface area (Å²) < 4.78 is 31.2. The van der Waals surface area contributed by atoms with Crippen LogP contribution >= 0.6 is 12.4 Å². The van der Waals surface area contributed by atoms with Crippen molar-refractivity contribution in [2.24, 2.45) is 5.73 Å². The molecule has 0 spiro atoms. The highest BCUT2D eigenvalue weighted by molar-refractivity contribution is 5.96. The minimum absolute atomic E-state index is 0. The van der Waals surface area contributed by atoms with Crippen molar-refractivity contribution in [3.05, 3.63) is 42.5 Å². The zero-order valence-corrected chi connectivity index (χ0v) is 11.6. The van der Waals surface area contributed by atoms with Crippen molar-refractivity contribution >= 4 is 18.3 Å². The molecule has 3 N–H and O–H groups in total. The first kappa shape index (κ1) is 18.3. The van der Waals surface area contributed by atoms with Crippen molar-refractivity contribution in [2.45, 2.75) is 5.92 Å². The van der Waals surface area contributed by atoms with E-state index in [-0.39, 0.29) is 24.6 Å². The Labute approximate surface area is 122 Å². The fourth-order valence-corrected chi connectivity index (χ4v) is 1.31. The van der Waals surface area contributed by atoms with Gasteiger partial charge in [0.05, 0.1) is 18.7 Å².